The molecule has 0 aliphatic carbocycles. The molecule has 3 rings (SSSR count). The van der Waals surface area contributed by atoms with E-state index in [0.29, 0.717) is 43.6 Å². The number of Topliss-reactive ketones (excluding diaryl/α,β-unsaturated/α-hetero) is 2. The van der Waals surface area contributed by atoms with Crippen LogP contribution in [-0.4, -0.2) is 55.5 Å². The monoisotopic (exact) mass is 431 g/mol. The summed E-state index contributed by atoms with van der Waals surface area (Å²) >= 11 is 0. The van der Waals surface area contributed by atoms with Crippen molar-refractivity contribution >= 4 is 21.6 Å². The molecule has 0 atom stereocenters. The summed E-state index contributed by atoms with van der Waals surface area (Å²) in [5, 5.41) is 0. The number of rotatable bonds is 8. The summed E-state index contributed by atoms with van der Waals surface area (Å²) in [5.41, 5.74) is 2.66. The average molecular weight is 432 g/mol. The van der Waals surface area contributed by atoms with Gasteiger partial charge in [-0.15, -0.1) is 0 Å². The lowest BCUT2D eigenvalue weighted by molar-refractivity contribution is 0.0902. The normalized spacial score (nSPS) is 16.0. The van der Waals surface area contributed by atoms with Gasteiger partial charge in [-0.05, 0) is 50.8 Å². The molecule has 1 aromatic carbocycles. The topological polar surface area (TPSA) is 99.3 Å². The predicted octanol–water partition coefficient (Wildman–Crippen LogP) is 2.71. The Morgan fingerprint density at radius 1 is 1.17 bits per heavy atom. The Labute approximate surface area is 177 Å². The molecule has 0 saturated carbocycles. The lowest BCUT2D eigenvalue weighted by Crippen LogP contribution is -2.45. The van der Waals surface area contributed by atoms with Crippen LogP contribution in [0.2, 0.25) is 0 Å². The van der Waals surface area contributed by atoms with Crippen LogP contribution in [0, 0.1) is 6.92 Å². The molecular weight excluding hydrogens is 402 g/mol. The quantitative estimate of drug-likeness (QED) is 0.626. The van der Waals surface area contributed by atoms with Gasteiger partial charge in [-0.3, -0.25) is 14.5 Å². The Bertz CT molecular complexity index is 1020. The first-order valence-electron chi connectivity index (χ1n) is 10.3. The third-order valence-electron chi connectivity index (χ3n) is 5.61. The molecule has 8 heteroatoms. The molecule has 2 aromatic rings. The number of carbonyl (C=O) groups is 2. The summed E-state index contributed by atoms with van der Waals surface area (Å²) in [6.45, 7) is 6.79. The molecule has 1 aromatic heterocycles. The number of benzene rings is 1. The minimum atomic E-state index is -3.53. The molecule has 0 amide bonds. The molecule has 1 saturated heterocycles. The smallest absolute Gasteiger partial charge is 0.240 e. The van der Waals surface area contributed by atoms with E-state index in [9.17, 15) is 18.0 Å². The van der Waals surface area contributed by atoms with Gasteiger partial charge in [0, 0.05) is 30.4 Å². The number of aromatic amines is 1. The minimum Gasteiger partial charge on any atom is -0.355 e. The zero-order valence-electron chi connectivity index (χ0n) is 17.7. The van der Waals surface area contributed by atoms with Gasteiger partial charge in [-0.25, -0.2) is 13.1 Å². The fourth-order valence-corrected chi connectivity index (χ4v) is 5.45. The second-order valence-corrected chi connectivity index (χ2v) is 9.51. The first kappa shape index (κ1) is 22.4. The lowest BCUT2D eigenvalue weighted by Gasteiger charge is -2.31. The van der Waals surface area contributed by atoms with Crippen molar-refractivity contribution in [1.29, 1.82) is 0 Å². The SMILES string of the molecule is CCc1c(C(=O)CN2CCC(NS(=O)(=O)c3ccccc3)CC2)[nH]c(C)c1C(C)=O. The molecule has 7 nitrogen and oxygen atoms in total. The van der Waals surface area contributed by atoms with Gasteiger partial charge in [0.25, 0.3) is 0 Å². The number of carbonyl (C=O) groups excluding carboxylic acids is 2. The predicted molar refractivity (Wildman–Crippen MR) is 115 cm³/mol. The Balaban J connectivity index is 1.59. The number of likely N-dealkylation sites (tertiary alicyclic amines) is 1. The standard InChI is InChI=1S/C22H29N3O4S/c1-4-19-21(16(3)26)15(2)23-22(19)20(27)14-25-12-10-17(11-13-25)24-30(28,29)18-8-6-5-7-9-18/h5-9,17,23-24H,4,10-14H2,1-3H3. The minimum absolute atomic E-state index is 0.0360. The Kier molecular flexibility index (Phi) is 6.90. The highest BCUT2D eigenvalue weighted by Gasteiger charge is 2.27. The maximum absolute atomic E-state index is 12.9. The van der Waals surface area contributed by atoms with Crippen molar-refractivity contribution in [2.45, 2.75) is 51.0 Å². The Hall–Kier alpha value is -2.29. The van der Waals surface area contributed by atoms with Crippen LogP contribution < -0.4 is 4.72 Å². The number of piperidine rings is 1. The maximum atomic E-state index is 12.9. The van der Waals surface area contributed by atoms with Crippen LogP contribution in [-0.2, 0) is 16.4 Å². The summed E-state index contributed by atoms with van der Waals surface area (Å²) in [5.74, 6) is -0.0723. The van der Waals surface area contributed by atoms with Crippen molar-refractivity contribution in [1.82, 2.24) is 14.6 Å². The third kappa shape index (κ3) is 4.88. The summed E-state index contributed by atoms with van der Waals surface area (Å²) in [6.07, 6.45) is 1.90. The molecule has 2 heterocycles. The van der Waals surface area contributed by atoms with Gasteiger partial charge in [0.15, 0.2) is 11.6 Å². The van der Waals surface area contributed by atoms with E-state index >= 15 is 0 Å². The zero-order chi connectivity index (χ0) is 21.9. The second-order valence-electron chi connectivity index (χ2n) is 7.80. The molecule has 1 aliphatic rings. The summed E-state index contributed by atoms with van der Waals surface area (Å²) in [7, 11) is -3.53. The van der Waals surface area contributed by atoms with Gasteiger partial charge in [0.2, 0.25) is 10.0 Å². The van der Waals surface area contributed by atoms with Gasteiger partial charge in [0.05, 0.1) is 17.1 Å². The lowest BCUT2D eigenvalue weighted by atomic mass is 10.0. The van der Waals surface area contributed by atoms with E-state index in [1.807, 2.05) is 18.7 Å². The highest BCUT2D eigenvalue weighted by Crippen LogP contribution is 2.22. The summed E-state index contributed by atoms with van der Waals surface area (Å²) < 4.78 is 27.8. The van der Waals surface area contributed by atoms with Crippen molar-refractivity contribution in [2.75, 3.05) is 19.6 Å². The van der Waals surface area contributed by atoms with E-state index in [1.54, 1.807) is 30.3 Å². The second kappa shape index (κ2) is 9.24. The van der Waals surface area contributed by atoms with Crippen LogP contribution in [0.4, 0.5) is 0 Å². The van der Waals surface area contributed by atoms with Crippen molar-refractivity contribution in [3.05, 3.63) is 52.8 Å². The molecular formula is C22H29N3O4S. The van der Waals surface area contributed by atoms with Crippen molar-refractivity contribution < 1.29 is 18.0 Å². The number of H-pyrrole nitrogens is 1. The van der Waals surface area contributed by atoms with E-state index in [2.05, 4.69) is 9.71 Å². The fraction of sp³-hybridized carbons (Fsp3) is 0.455. The van der Waals surface area contributed by atoms with Gasteiger partial charge in [-0.1, -0.05) is 25.1 Å². The average Bonchev–Trinajstić information content (AvgIpc) is 3.06. The first-order chi connectivity index (χ1) is 14.2. The number of nitrogens with zero attached hydrogens (tertiary/aromatic N) is 1. The maximum Gasteiger partial charge on any atom is 0.240 e. The Morgan fingerprint density at radius 3 is 2.37 bits per heavy atom. The Morgan fingerprint density at radius 2 is 1.80 bits per heavy atom. The number of nitrogens with one attached hydrogen (secondary N) is 2. The number of hydrogen-bond donors (Lipinski definition) is 2. The van der Waals surface area contributed by atoms with Crippen molar-refractivity contribution in [3.8, 4) is 0 Å². The number of aromatic nitrogens is 1. The molecule has 1 aliphatic heterocycles. The van der Waals surface area contributed by atoms with Crippen LogP contribution >= 0.6 is 0 Å². The molecule has 0 radical (unpaired) electrons. The number of aryl methyl sites for hydroxylation is 1. The number of ketones is 2. The van der Waals surface area contributed by atoms with Crippen LogP contribution in [0.15, 0.2) is 35.2 Å². The summed E-state index contributed by atoms with van der Waals surface area (Å²) in [6, 6.07) is 8.19. The molecule has 30 heavy (non-hydrogen) atoms. The van der Waals surface area contributed by atoms with Crippen LogP contribution in [0.1, 0.15) is 58.8 Å². The molecule has 0 spiro atoms. The van der Waals surface area contributed by atoms with E-state index in [-0.39, 0.29) is 29.0 Å². The molecule has 2 N–H and O–H groups in total. The van der Waals surface area contributed by atoms with Crippen LogP contribution in [0.25, 0.3) is 0 Å². The van der Waals surface area contributed by atoms with Gasteiger partial charge < -0.3 is 4.98 Å². The highest BCUT2D eigenvalue weighted by atomic mass is 32.2. The van der Waals surface area contributed by atoms with Gasteiger partial charge in [0.1, 0.15) is 0 Å². The van der Waals surface area contributed by atoms with Crippen molar-refractivity contribution in [3.63, 3.8) is 0 Å². The van der Waals surface area contributed by atoms with Gasteiger partial charge >= 0.3 is 0 Å². The van der Waals surface area contributed by atoms with E-state index in [1.165, 1.54) is 6.92 Å². The van der Waals surface area contributed by atoms with Gasteiger partial charge in [-0.2, -0.15) is 0 Å². The molecule has 0 bridgehead atoms. The van der Waals surface area contributed by atoms with E-state index in [0.717, 1.165) is 11.3 Å². The van der Waals surface area contributed by atoms with Crippen LogP contribution in [0.5, 0.6) is 0 Å². The third-order valence-corrected chi connectivity index (χ3v) is 7.14. The van der Waals surface area contributed by atoms with Crippen LogP contribution in [0.3, 0.4) is 0 Å². The van der Waals surface area contributed by atoms with E-state index < -0.39 is 10.0 Å². The zero-order valence-corrected chi connectivity index (χ0v) is 18.5. The molecule has 1 fully saturated rings. The number of sulfonamides is 1. The molecule has 0 unspecified atom stereocenters. The van der Waals surface area contributed by atoms with E-state index in [4.69, 9.17) is 0 Å². The fourth-order valence-electron chi connectivity index (χ4n) is 4.12. The molecule has 162 valence electrons. The summed E-state index contributed by atoms with van der Waals surface area (Å²) in [4.78, 5) is 30.2. The first-order valence-corrected chi connectivity index (χ1v) is 11.8. The highest BCUT2D eigenvalue weighted by molar-refractivity contribution is 7.89. The largest absolute Gasteiger partial charge is 0.355 e. The number of hydrogen-bond acceptors (Lipinski definition) is 5. The van der Waals surface area contributed by atoms with Crippen molar-refractivity contribution in [2.24, 2.45) is 0 Å².